The molecule has 2 aliphatic rings. The van der Waals surface area contributed by atoms with E-state index in [9.17, 15) is 9.59 Å². The van der Waals surface area contributed by atoms with Gasteiger partial charge in [0, 0.05) is 7.05 Å². The summed E-state index contributed by atoms with van der Waals surface area (Å²) in [5.41, 5.74) is 0. The Morgan fingerprint density at radius 1 is 1.17 bits per heavy atom. The zero-order valence-corrected chi connectivity index (χ0v) is 7.41. The summed E-state index contributed by atoms with van der Waals surface area (Å²) in [4.78, 5) is 24.2. The van der Waals surface area contributed by atoms with Crippen molar-refractivity contribution in [3.63, 3.8) is 0 Å². The summed E-state index contributed by atoms with van der Waals surface area (Å²) in [7, 11) is 1.59. The molecule has 2 atom stereocenters. The van der Waals surface area contributed by atoms with E-state index >= 15 is 0 Å². The number of imide groups is 1. The summed E-state index contributed by atoms with van der Waals surface area (Å²) in [6, 6.07) is 0. The zero-order chi connectivity index (χ0) is 8.88. The predicted octanol–water partition coefficient (Wildman–Crippen LogP) is 0.647. The van der Waals surface area contributed by atoms with Crippen molar-refractivity contribution in [1.82, 2.24) is 4.90 Å². The Labute approximate surface area is 71.7 Å². The molecule has 2 unspecified atom stereocenters. The maximum absolute atomic E-state index is 11.4. The lowest BCUT2D eigenvalue weighted by molar-refractivity contribution is -0.138. The molecule has 1 aliphatic carbocycles. The van der Waals surface area contributed by atoms with Gasteiger partial charge in [0.2, 0.25) is 11.8 Å². The van der Waals surface area contributed by atoms with Crippen LogP contribution in [0.1, 0.15) is 19.8 Å². The summed E-state index contributed by atoms with van der Waals surface area (Å²) in [5, 5.41) is 0. The average molecular weight is 167 g/mol. The minimum Gasteiger partial charge on any atom is -0.285 e. The Kier molecular flexibility index (Phi) is 1.50. The number of likely N-dealkylation sites (tertiary alicyclic amines) is 1. The Hall–Kier alpha value is -0.860. The van der Waals surface area contributed by atoms with Gasteiger partial charge in [-0.25, -0.2) is 0 Å². The lowest BCUT2D eigenvalue weighted by Crippen LogP contribution is -2.27. The van der Waals surface area contributed by atoms with Crippen LogP contribution in [0.25, 0.3) is 0 Å². The molecule has 0 radical (unpaired) electrons. The van der Waals surface area contributed by atoms with Gasteiger partial charge in [-0.1, -0.05) is 6.92 Å². The Morgan fingerprint density at radius 2 is 1.58 bits per heavy atom. The Balaban J connectivity index is 2.27. The second-order valence-corrected chi connectivity index (χ2v) is 4.03. The molecule has 0 aromatic carbocycles. The van der Waals surface area contributed by atoms with Gasteiger partial charge in [0.25, 0.3) is 0 Å². The first-order valence-corrected chi connectivity index (χ1v) is 4.42. The quantitative estimate of drug-likeness (QED) is 0.497. The first-order chi connectivity index (χ1) is 5.61. The first kappa shape index (κ1) is 7.77. The molecular formula is C9H13NO2. The number of carbonyl (C=O) groups is 2. The van der Waals surface area contributed by atoms with Crippen LogP contribution in [0.3, 0.4) is 0 Å². The summed E-state index contributed by atoms with van der Waals surface area (Å²) >= 11 is 0. The molecule has 3 heteroatoms. The van der Waals surface area contributed by atoms with E-state index in [1.54, 1.807) is 7.05 Å². The van der Waals surface area contributed by atoms with Crippen molar-refractivity contribution in [2.24, 2.45) is 17.8 Å². The highest BCUT2D eigenvalue weighted by Gasteiger charge is 2.50. The van der Waals surface area contributed by atoms with Crippen LogP contribution in [0.2, 0.25) is 0 Å². The van der Waals surface area contributed by atoms with Crippen molar-refractivity contribution >= 4 is 11.8 Å². The van der Waals surface area contributed by atoms with E-state index in [0.29, 0.717) is 5.92 Å². The standard InChI is InChI=1S/C9H13NO2/c1-5-3-6-7(4-5)9(12)10(2)8(6)11/h5-7H,3-4H2,1-2H3. The van der Waals surface area contributed by atoms with E-state index in [0.717, 1.165) is 12.8 Å². The highest BCUT2D eigenvalue weighted by molar-refractivity contribution is 6.05. The fraction of sp³-hybridized carbons (Fsp3) is 0.778. The SMILES string of the molecule is CC1CC2C(=O)N(C)C(=O)C2C1. The maximum Gasteiger partial charge on any atom is 0.232 e. The minimum atomic E-state index is 0.0116. The number of nitrogens with zero attached hydrogens (tertiary/aromatic N) is 1. The van der Waals surface area contributed by atoms with E-state index in [-0.39, 0.29) is 23.7 Å². The van der Waals surface area contributed by atoms with Gasteiger partial charge in [-0.05, 0) is 18.8 Å². The normalized spacial score (nSPS) is 40.8. The number of amides is 2. The molecule has 1 saturated heterocycles. The molecule has 0 spiro atoms. The molecule has 66 valence electrons. The summed E-state index contributed by atoms with van der Waals surface area (Å²) < 4.78 is 0. The van der Waals surface area contributed by atoms with Crippen LogP contribution < -0.4 is 0 Å². The maximum atomic E-state index is 11.4. The molecule has 1 aliphatic heterocycles. The van der Waals surface area contributed by atoms with Gasteiger partial charge in [-0.15, -0.1) is 0 Å². The van der Waals surface area contributed by atoms with Crippen LogP contribution in [0.4, 0.5) is 0 Å². The highest BCUT2D eigenvalue weighted by atomic mass is 16.2. The number of fused-ring (bicyclic) bond motifs is 1. The fourth-order valence-corrected chi connectivity index (χ4v) is 2.44. The number of hydrogen-bond acceptors (Lipinski definition) is 2. The van der Waals surface area contributed by atoms with Gasteiger partial charge in [0.15, 0.2) is 0 Å². The molecule has 1 heterocycles. The van der Waals surface area contributed by atoms with E-state index in [1.165, 1.54) is 4.90 Å². The third kappa shape index (κ3) is 0.822. The predicted molar refractivity (Wildman–Crippen MR) is 43.2 cm³/mol. The van der Waals surface area contributed by atoms with Crippen LogP contribution in [0, 0.1) is 17.8 Å². The molecule has 0 N–H and O–H groups in total. The third-order valence-electron chi connectivity index (χ3n) is 3.09. The van der Waals surface area contributed by atoms with Crippen LogP contribution in [-0.2, 0) is 9.59 Å². The molecule has 0 bridgehead atoms. The molecular weight excluding hydrogens is 154 g/mol. The van der Waals surface area contributed by atoms with Gasteiger partial charge in [0.05, 0.1) is 11.8 Å². The molecule has 2 fully saturated rings. The summed E-state index contributed by atoms with van der Waals surface area (Å²) in [6.07, 6.45) is 1.80. The van der Waals surface area contributed by atoms with Crippen molar-refractivity contribution in [2.75, 3.05) is 7.05 Å². The zero-order valence-electron chi connectivity index (χ0n) is 7.41. The van der Waals surface area contributed by atoms with Crippen LogP contribution >= 0.6 is 0 Å². The van der Waals surface area contributed by atoms with Gasteiger partial charge in [-0.3, -0.25) is 14.5 Å². The lowest BCUT2D eigenvalue weighted by atomic mass is 10.00. The minimum absolute atomic E-state index is 0.0116. The summed E-state index contributed by atoms with van der Waals surface area (Å²) in [6.45, 7) is 2.11. The average Bonchev–Trinajstić information content (AvgIpc) is 2.49. The third-order valence-corrected chi connectivity index (χ3v) is 3.09. The second-order valence-electron chi connectivity index (χ2n) is 4.03. The molecule has 0 aromatic rings. The van der Waals surface area contributed by atoms with Crippen molar-refractivity contribution in [3.05, 3.63) is 0 Å². The van der Waals surface area contributed by atoms with Gasteiger partial charge in [0.1, 0.15) is 0 Å². The molecule has 12 heavy (non-hydrogen) atoms. The Morgan fingerprint density at radius 3 is 2.00 bits per heavy atom. The van der Waals surface area contributed by atoms with Crippen LogP contribution in [0.15, 0.2) is 0 Å². The van der Waals surface area contributed by atoms with Crippen molar-refractivity contribution in [2.45, 2.75) is 19.8 Å². The molecule has 3 nitrogen and oxygen atoms in total. The van der Waals surface area contributed by atoms with Crippen molar-refractivity contribution < 1.29 is 9.59 Å². The second kappa shape index (κ2) is 2.31. The smallest absolute Gasteiger partial charge is 0.232 e. The van der Waals surface area contributed by atoms with E-state index in [2.05, 4.69) is 6.92 Å². The van der Waals surface area contributed by atoms with E-state index < -0.39 is 0 Å². The topological polar surface area (TPSA) is 37.4 Å². The molecule has 1 saturated carbocycles. The van der Waals surface area contributed by atoms with Crippen molar-refractivity contribution in [1.29, 1.82) is 0 Å². The monoisotopic (exact) mass is 167 g/mol. The van der Waals surface area contributed by atoms with E-state index in [1.807, 2.05) is 0 Å². The first-order valence-electron chi connectivity index (χ1n) is 4.42. The molecule has 2 amide bonds. The fourth-order valence-electron chi connectivity index (χ4n) is 2.44. The lowest BCUT2D eigenvalue weighted by Gasteiger charge is -2.09. The van der Waals surface area contributed by atoms with Gasteiger partial charge in [-0.2, -0.15) is 0 Å². The van der Waals surface area contributed by atoms with Crippen molar-refractivity contribution in [3.8, 4) is 0 Å². The largest absolute Gasteiger partial charge is 0.285 e. The summed E-state index contributed by atoms with van der Waals surface area (Å²) in [5.74, 6) is 0.639. The highest BCUT2D eigenvalue weighted by Crippen LogP contribution is 2.42. The van der Waals surface area contributed by atoms with E-state index in [4.69, 9.17) is 0 Å². The Bertz CT molecular complexity index is 225. The van der Waals surface area contributed by atoms with Gasteiger partial charge >= 0.3 is 0 Å². The van der Waals surface area contributed by atoms with Crippen LogP contribution in [-0.4, -0.2) is 23.8 Å². The van der Waals surface area contributed by atoms with Crippen LogP contribution in [0.5, 0.6) is 0 Å². The number of carbonyl (C=O) groups excluding carboxylic acids is 2. The number of hydrogen-bond donors (Lipinski definition) is 0. The van der Waals surface area contributed by atoms with Gasteiger partial charge < -0.3 is 0 Å². The number of rotatable bonds is 0. The molecule has 0 aromatic heterocycles. The molecule has 2 rings (SSSR count).